The van der Waals surface area contributed by atoms with E-state index in [1.54, 1.807) is 9.70 Å². The van der Waals surface area contributed by atoms with Crippen molar-refractivity contribution < 1.29 is 9.53 Å². The average molecular weight is 365 g/mol. The minimum absolute atomic E-state index is 0.233. The molecule has 1 aromatic heterocycles. The Kier molecular flexibility index (Phi) is 5.00. The Morgan fingerprint density at radius 1 is 1.15 bits per heavy atom. The number of piperidine rings is 1. The number of aromatic nitrogens is 4. The molecule has 27 heavy (non-hydrogen) atoms. The molecule has 2 aromatic carbocycles. The van der Waals surface area contributed by atoms with E-state index in [1.165, 1.54) is 10.8 Å². The summed E-state index contributed by atoms with van der Waals surface area (Å²) in [4.78, 5) is 15.2. The van der Waals surface area contributed by atoms with Crippen LogP contribution in [0.5, 0.6) is 0 Å². The Balaban J connectivity index is 1.39. The number of fused-ring (bicyclic) bond motifs is 1. The minimum Gasteiger partial charge on any atom is -0.450 e. The summed E-state index contributed by atoms with van der Waals surface area (Å²) in [5.41, 5.74) is 1.15. The van der Waals surface area contributed by atoms with Gasteiger partial charge in [-0.1, -0.05) is 36.4 Å². The first-order chi connectivity index (χ1) is 13.2. The number of tetrazole rings is 1. The number of rotatable bonds is 4. The van der Waals surface area contributed by atoms with Gasteiger partial charge < -0.3 is 9.64 Å². The number of hydrogen-bond acceptors (Lipinski definition) is 5. The van der Waals surface area contributed by atoms with Gasteiger partial charge in [-0.15, -0.1) is 10.2 Å². The van der Waals surface area contributed by atoms with Crippen LogP contribution in [0.3, 0.4) is 0 Å². The second kappa shape index (κ2) is 7.73. The third-order valence-corrected chi connectivity index (χ3v) is 4.99. The SMILES string of the molecule is CCOC(=O)N1CCC(c2nnn(Cc3ccc4ccccc4c3)n2)CC1. The van der Waals surface area contributed by atoms with E-state index in [0.29, 0.717) is 26.2 Å². The molecule has 1 saturated heterocycles. The normalized spacial score (nSPS) is 15.2. The lowest BCUT2D eigenvalue weighted by atomic mass is 9.96. The number of ether oxygens (including phenoxy) is 1. The van der Waals surface area contributed by atoms with Gasteiger partial charge in [-0.25, -0.2) is 4.79 Å². The summed E-state index contributed by atoms with van der Waals surface area (Å²) >= 11 is 0. The van der Waals surface area contributed by atoms with Gasteiger partial charge in [0.15, 0.2) is 5.82 Å². The fourth-order valence-corrected chi connectivity index (χ4v) is 3.52. The fourth-order valence-electron chi connectivity index (χ4n) is 3.52. The van der Waals surface area contributed by atoms with Gasteiger partial charge >= 0.3 is 6.09 Å². The number of benzene rings is 2. The van der Waals surface area contributed by atoms with Crippen molar-refractivity contribution in [2.75, 3.05) is 19.7 Å². The number of likely N-dealkylation sites (tertiary alicyclic amines) is 1. The number of amides is 1. The molecule has 2 heterocycles. The third kappa shape index (κ3) is 3.92. The Morgan fingerprint density at radius 3 is 2.70 bits per heavy atom. The van der Waals surface area contributed by atoms with Gasteiger partial charge in [0.2, 0.25) is 0 Å². The zero-order valence-corrected chi connectivity index (χ0v) is 15.4. The van der Waals surface area contributed by atoms with Crippen LogP contribution in [-0.2, 0) is 11.3 Å². The summed E-state index contributed by atoms with van der Waals surface area (Å²) in [6.07, 6.45) is 1.44. The summed E-state index contributed by atoms with van der Waals surface area (Å²) in [6.45, 7) is 4.16. The van der Waals surface area contributed by atoms with Crippen LogP contribution in [0.15, 0.2) is 42.5 Å². The van der Waals surface area contributed by atoms with Crippen LogP contribution in [-0.4, -0.2) is 50.9 Å². The van der Waals surface area contributed by atoms with Crippen molar-refractivity contribution in [1.82, 2.24) is 25.1 Å². The Labute approximate surface area is 157 Å². The molecule has 4 rings (SSSR count). The monoisotopic (exact) mass is 365 g/mol. The quantitative estimate of drug-likeness (QED) is 0.710. The van der Waals surface area contributed by atoms with E-state index in [0.717, 1.165) is 24.2 Å². The van der Waals surface area contributed by atoms with Gasteiger partial charge in [0.25, 0.3) is 0 Å². The molecule has 0 atom stereocenters. The first-order valence-electron chi connectivity index (χ1n) is 9.40. The highest BCUT2D eigenvalue weighted by Crippen LogP contribution is 2.25. The zero-order valence-electron chi connectivity index (χ0n) is 15.4. The lowest BCUT2D eigenvalue weighted by Crippen LogP contribution is -2.38. The molecule has 1 aliphatic heterocycles. The molecule has 0 bridgehead atoms. The molecule has 0 spiro atoms. The first-order valence-corrected chi connectivity index (χ1v) is 9.40. The standard InChI is InChI=1S/C20H23N5O2/c1-2-27-20(26)24-11-9-17(10-12-24)19-21-23-25(22-19)14-15-7-8-16-5-3-4-6-18(16)13-15/h3-8,13,17H,2,9-12,14H2,1H3. The highest BCUT2D eigenvalue weighted by atomic mass is 16.6. The Morgan fingerprint density at radius 2 is 1.93 bits per heavy atom. The summed E-state index contributed by atoms with van der Waals surface area (Å²) in [5, 5.41) is 15.5. The van der Waals surface area contributed by atoms with Crippen LogP contribution in [0.2, 0.25) is 0 Å². The van der Waals surface area contributed by atoms with Crippen LogP contribution < -0.4 is 0 Å². The van der Waals surface area contributed by atoms with Crippen LogP contribution >= 0.6 is 0 Å². The molecule has 3 aromatic rings. The van der Waals surface area contributed by atoms with E-state index in [-0.39, 0.29) is 12.0 Å². The number of carbonyl (C=O) groups excluding carboxylic acids is 1. The minimum atomic E-state index is -0.233. The highest BCUT2D eigenvalue weighted by molar-refractivity contribution is 5.82. The molecule has 7 nitrogen and oxygen atoms in total. The van der Waals surface area contributed by atoms with Gasteiger partial charge in [0, 0.05) is 19.0 Å². The lowest BCUT2D eigenvalue weighted by molar-refractivity contribution is 0.0966. The van der Waals surface area contributed by atoms with Crippen LogP contribution in [0.25, 0.3) is 10.8 Å². The van der Waals surface area contributed by atoms with E-state index in [9.17, 15) is 4.79 Å². The molecule has 1 fully saturated rings. The molecule has 0 unspecified atom stereocenters. The molecule has 1 amide bonds. The maximum Gasteiger partial charge on any atom is 0.409 e. The molecule has 0 aliphatic carbocycles. The summed E-state index contributed by atoms with van der Waals surface area (Å²) < 4.78 is 5.06. The maximum absolute atomic E-state index is 11.8. The molecule has 140 valence electrons. The van der Waals surface area contributed by atoms with Crippen LogP contribution in [0.1, 0.15) is 37.1 Å². The van der Waals surface area contributed by atoms with Gasteiger partial charge in [0.05, 0.1) is 13.2 Å². The van der Waals surface area contributed by atoms with Crippen LogP contribution in [0.4, 0.5) is 4.79 Å². The van der Waals surface area contributed by atoms with Gasteiger partial charge in [-0.05, 0) is 47.4 Å². The fraction of sp³-hybridized carbons (Fsp3) is 0.400. The number of carbonyl (C=O) groups is 1. The molecule has 0 saturated carbocycles. The first kappa shape index (κ1) is 17.5. The van der Waals surface area contributed by atoms with E-state index in [1.807, 2.05) is 19.1 Å². The average Bonchev–Trinajstić information content (AvgIpc) is 3.17. The van der Waals surface area contributed by atoms with E-state index in [4.69, 9.17) is 4.74 Å². The number of hydrogen-bond donors (Lipinski definition) is 0. The molecule has 0 N–H and O–H groups in total. The van der Waals surface area contributed by atoms with Gasteiger partial charge in [-0.2, -0.15) is 4.80 Å². The zero-order chi connectivity index (χ0) is 18.6. The van der Waals surface area contributed by atoms with Crippen molar-refractivity contribution in [3.05, 3.63) is 53.9 Å². The highest BCUT2D eigenvalue weighted by Gasteiger charge is 2.27. The predicted octanol–water partition coefficient (Wildman–Crippen LogP) is 3.21. The molecular weight excluding hydrogens is 342 g/mol. The van der Waals surface area contributed by atoms with Crippen molar-refractivity contribution in [2.24, 2.45) is 0 Å². The van der Waals surface area contributed by atoms with E-state index >= 15 is 0 Å². The summed E-state index contributed by atoms with van der Waals surface area (Å²) in [7, 11) is 0. The van der Waals surface area contributed by atoms with Crippen molar-refractivity contribution >= 4 is 16.9 Å². The second-order valence-corrected chi connectivity index (χ2v) is 6.82. The van der Waals surface area contributed by atoms with E-state index in [2.05, 4.69) is 45.7 Å². The van der Waals surface area contributed by atoms with Gasteiger partial charge in [0.1, 0.15) is 0 Å². The van der Waals surface area contributed by atoms with Crippen molar-refractivity contribution in [1.29, 1.82) is 0 Å². The van der Waals surface area contributed by atoms with E-state index < -0.39 is 0 Å². The van der Waals surface area contributed by atoms with Crippen molar-refractivity contribution in [3.63, 3.8) is 0 Å². The molecule has 1 aliphatic rings. The van der Waals surface area contributed by atoms with Crippen molar-refractivity contribution in [2.45, 2.75) is 32.2 Å². The van der Waals surface area contributed by atoms with Gasteiger partial charge in [-0.3, -0.25) is 0 Å². The third-order valence-electron chi connectivity index (χ3n) is 4.99. The van der Waals surface area contributed by atoms with Crippen LogP contribution in [0, 0.1) is 0 Å². The molecule has 0 radical (unpaired) electrons. The molecular formula is C20H23N5O2. The second-order valence-electron chi connectivity index (χ2n) is 6.82. The largest absolute Gasteiger partial charge is 0.450 e. The summed E-state index contributed by atoms with van der Waals surface area (Å²) in [5.74, 6) is 1.00. The predicted molar refractivity (Wildman–Crippen MR) is 101 cm³/mol. The van der Waals surface area contributed by atoms with Crippen molar-refractivity contribution in [3.8, 4) is 0 Å². The Bertz CT molecular complexity index is 931. The smallest absolute Gasteiger partial charge is 0.409 e. The molecule has 7 heteroatoms. The lowest BCUT2D eigenvalue weighted by Gasteiger charge is -2.29. The summed E-state index contributed by atoms with van der Waals surface area (Å²) in [6, 6.07) is 14.7. The number of nitrogens with zero attached hydrogens (tertiary/aromatic N) is 5. The maximum atomic E-state index is 11.8. The Hall–Kier alpha value is -2.96. The topological polar surface area (TPSA) is 73.1 Å².